The summed E-state index contributed by atoms with van der Waals surface area (Å²) in [4.78, 5) is 32.2. The lowest BCUT2D eigenvalue weighted by Crippen LogP contribution is -2.21. The fourth-order valence-corrected chi connectivity index (χ4v) is 3.64. The molecule has 2 aromatic rings. The molecular formula is C29H40N2O3. The molecule has 2 aromatic carbocycles. The summed E-state index contributed by atoms with van der Waals surface area (Å²) in [6, 6.07) is 20.8. The highest BCUT2D eigenvalue weighted by molar-refractivity contribution is 6.01. The molecule has 0 spiro atoms. The fourth-order valence-electron chi connectivity index (χ4n) is 3.64. The summed E-state index contributed by atoms with van der Waals surface area (Å²) in [5.41, 5.74) is 9.13. The van der Waals surface area contributed by atoms with Crippen LogP contribution in [0.15, 0.2) is 72.4 Å². The molecule has 2 atom stereocenters. The summed E-state index contributed by atoms with van der Waals surface area (Å²) in [6.45, 7) is 4.10. The number of ketones is 3. The van der Waals surface area contributed by atoms with Gasteiger partial charge >= 0.3 is 0 Å². The number of benzene rings is 2. The summed E-state index contributed by atoms with van der Waals surface area (Å²) in [7, 11) is 0. The van der Waals surface area contributed by atoms with Gasteiger partial charge in [0.05, 0.1) is 6.42 Å². The quantitative estimate of drug-likeness (QED) is 0.541. The second-order valence-corrected chi connectivity index (χ2v) is 8.57. The molecule has 1 saturated carbocycles. The van der Waals surface area contributed by atoms with Crippen molar-refractivity contribution in [1.29, 1.82) is 0 Å². The van der Waals surface area contributed by atoms with Crippen molar-refractivity contribution < 1.29 is 14.4 Å². The third-order valence-electron chi connectivity index (χ3n) is 5.54. The molecule has 0 amide bonds. The van der Waals surface area contributed by atoms with E-state index in [0.29, 0.717) is 19.3 Å². The number of nitrogens with two attached hydrogens (primary N) is 1. The predicted octanol–water partition coefficient (Wildman–Crippen LogP) is 6.02. The van der Waals surface area contributed by atoms with E-state index in [1.165, 1.54) is 11.1 Å². The minimum atomic E-state index is 0. The maximum Gasteiger partial charge on any atom is 0.157 e. The molecular weight excluding hydrogens is 424 g/mol. The Balaban J connectivity index is 0.000000274. The third-order valence-corrected chi connectivity index (χ3v) is 5.54. The van der Waals surface area contributed by atoms with Gasteiger partial charge in [0.1, 0.15) is 11.6 Å². The van der Waals surface area contributed by atoms with E-state index in [1.54, 1.807) is 6.08 Å². The first-order chi connectivity index (χ1) is 15.8. The molecule has 5 nitrogen and oxygen atoms in total. The largest absolute Gasteiger partial charge is 0.382 e. The standard InChI is InChI=1S/C14H17NO.C8H11N.C6H8O2.CH4/c1-11(12-6-3-2-4-7-12)15-13-8-5-9-14(16)10-13;1-7(9)8-5-3-2-4-6-8;7-5-2-1-3-6(8)4-5;/h2-4,6-7,10-11,15H,5,8-9H2,1H3;2-7H,9H2,1H3;1-4H2;1H4/t11-;7-;;/m11../s1. The van der Waals surface area contributed by atoms with Crippen LogP contribution >= 0.6 is 0 Å². The van der Waals surface area contributed by atoms with E-state index in [9.17, 15) is 14.4 Å². The second kappa shape index (κ2) is 15.7. The predicted molar refractivity (Wildman–Crippen MR) is 139 cm³/mol. The average molecular weight is 465 g/mol. The maximum atomic E-state index is 11.3. The van der Waals surface area contributed by atoms with Crippen molar-refractivity contribution in [1.82, 2.24) is 5.32 Å². The van der Waals surface area contributed by atoms with Gasteiger partial charge in [-0.1, -0.05) is 68.1 Å². The van der Waals surface area contributed by atoms with Gasteiger partial charge in [-0.2, -0.15) is 0 Å². The Labute approximate surface area is 204 Å². The first kappa shape index (κ1) is 29.0. The van der Waals surface area contributed by atoms with E-state index < -0.39 is 0 Å². The van der Waals surface area contributed by atoms with Crippen LogP contribution in [0, 0.1) is 0 Å². The number of rotatable bonds is 4. The zero-order valence-electron chi connectivity index (χ0n) is 19.8. The van der Waals surface area contributed by atoms with Gasteiger partial charge in [0, 0.05) is 43.1 Å². The van der Waals surface area contributed by atoms with Gasteiger partial charge in [0.15, 0.2) is 5.78 Å². The molecule has 4 rings (SSSR count). The molecule has 0 aliphatic heterocycles. The summed E-state index contributed by atoms with van der Waals surface area (Å²) < 4.78 is 0. The Kier molecular flexibility index (Phi) is 13.4. The van der Waals surface area contributed by atoms with Crippen molar-refractivity contribution >= 4 is 17.3 Å². The van der Waals surface area contributed by atoms with Crippen molar-refractivity contribution in [3.05, 3.63) is 83.6 Å². The Morgan fingerprint density at radius 2 is 1.24 bits per heavy atom. The van der Waals surface area contributed by atoms with Crippen LogP contribution in [0.3, 0.4) is 0 Å². The summed E-state index contributed by atoms with van der Waals surface area (Å²) in [5, 5.41) is 3.41. The Morgan fingerprint density at radius 3 is 1.65 bits per heavy atom. The smallest absolute Gasteiger partial charge is 0.157 e. The average Bonchev–Trinajstić information content (AvgIpc) is 2.81. The first-order valence-corrected chi connectivity index (χ1v) is 11.7. The molecule has 0 heterocycles. The minimum Gasteiger partial charge on any atom is -0.382 e. The Bertz CT molecular complexity index is 907. The van der Waals surface area contributed by atoms with Crippen LogP contribution in [0.4, 0.5) is 0 Å². The van der Waals surface area contributed by atoms with Crippen LogP contribution in [0.5, 0.6) is 0 Å². The van der Waals surface area contributed by atoms with E-state index in [-0.39, 0.29) is 43.3 Å². The van der Waals surface area contributed by atoms with Gasteiger partial charge in [0.25, 0.3) is 0 Å². The molecule has 0 unspecified atom stereocenters. The highest BCUT2D eigenvalue weighted by atomic mass is 16.1. The molecule has 0 radical (unpaired) electrons. The lowest BCUT2D eigenvalue weighted by molar-refractivity contribution is -0.129. The zero-order chi connectivity index (χ0) is 24.1. The maximum absolute atomic E-state index is 11.3. The van der Waals surface area contributed by atoms with Crippen molar-refractivity contribution in [2.24, 2.45) is 5.73 Å². The summed E-state index contributed by atoms with van der Waals surface area (Å²) in [5.74, 6) is 0.469. The topological polar surface area (TPSA) is 89.3 Å². The molecule has 2 aliphatic rings. The van der Waals surface area contributed by atoms with E-state index >= 15 is 0 Å². The molecule has 0 aromatic heterocycles. The lowest BCUT2D eigenvalue weighted by Gasteiger charge is -2.20. The lowest BCUT2D eigenvalue weighted by atomic mass is 9.98. The fraction of sp³-hybridized carbons (Fsp3) is 0.414. The summed E-state index contributed by atoms with van der Waals surface area (Å²) in [6.07, 6.45) is 6.62. The number of hydrogen-bond acceptors (Lipinski definition) is 5. The molecule has 1 fully saturated rings. The van der Waals surface area contributed by atoms with Gasteiger partial charge in [0.2, 0.25) is 0 Å². The SMILES string of the molecule is C.C[C@@H](N)c1ccccc1.C[C@@H](NC1=CC(=O)CCC1)c1ccccc1.O=C1CCCC(=O)C1. The van der Waals surface area contributed by atoms with Crippen molar-refractivity contribution in [2.75, 3.05) is 0 Å². The van der Waals surface area contributed by atoms with Crippen LogP contribution in [0.25, 0.3) is 0 Å². The molecule has 184 valence electrons. The van der Waals surface area contributed by atoms with Crippen LogP contribution in [-0.2, 0) is 14.4 Å². The molecule has 0 bridgehead atoms. The van der Waals surface area contributed by atoms with E-state index in [1.807, 2.05) is 55.5 Å². The van der Waals surface area contributed by atoms with Gasteiger partial charge in [-0.3, -0.25) is 14.4 Å². The Hall–Kier alpha value is -3.05. The normalized spacial score (nSPS) is 16.9. The highest BCUT2D eigenvalue weighted by Crippen LogP contribution is 2.18. The van der Waals surface area contributed by atoms with Crippen LogP contribution < -0.4 is 11.1 Å². The van der Waals surface area contributed by atoms with Crippen molar-refractivity contribution in [2.45, 2.75) is 78.3 Å². The van der Waals surface area contributed by atoms with Gasteiger partial charge in [-0.25, -0.2) is 0 Å². The van der Waals surface area contributed by atoms with E-state index in [0.717, 1.165) is 25.0 Å². The molecule has 2 aliphatic carbocycles. The number of hydrogen-bond donors (Lipinski definition) is 2. The van der Waals surface area contributed by atoms with E-state index in [4.69, 9.17) is 5.73 Å². The highest BCUT2D eigenvalue weighted by Gasteiger charge is 2.14. The molecule has 5 heteroatoms. The van der Waals surface area contributed by atoms with Crippen LogP contribution in [0.2, 0.25) is 0 Å². The second-order valence-electron chi connectivity index (χ2n) is 8.57. The van der Waals surface area contributed by atoms with Crippen molar-refractivity contribution in [3.8, 4) is 0 Å². The van der Waals surface area contributed by atoms with Crippen molar-refractivity contribution in [3.63, 3.8) is 0 Å². The van der Waals surface area contributed by atoms with Crippen LogP contribution in [-0.4, -0.2) is 17.3 Å². The number of carbonyl (C=O) groups excluding carboxylic acids is 3. The van der Waals surface area contributed by atoms with E-state index in [2.05, 4.69) is 24.4 Å². The number of nitrogens with one attached hydrogen (secondary N) is 1. The molecule has 34 heavy (non-hydrogen) atoms. The first-order valence-electron chi connectivity index (χ1n) is 11.7. The molecule has 0 saturated heterocycles. The van der Waals surface area contributed by atoms with Gasteiger partial charge < -0.3 is 11.1 Å². The third kappa shape index (κ3) is 11.2. The minimum absolute atomic E-state index is 0. The Morgan fingerprint density at radius 1 is 0.735 bits per heavy atom. The van der Waals surface area contributed by atoms with Crippen LogP contribution in [0.1, 0.15) is 89.4 Å². The molecule has 3 N–H and O–H groups in total. The van der Waals surface area contributed by atoms with Gasteiger partial charge in [-0.05, 0) is 44.2 Å². The summed E-state index contributed by atoms with van der Waals surface area (Å²) >= 11 is 0. The van der Waals surface area contributed by atoms with Gasteiger partial charge in [-0.15, -0.1) is 0 Å². The monoisotopic (exact) mass is 464 g/mol. The number of allylic oxidation sites excluding steroid dienone is 2. The zero-order valence-corrected chi connectivity index (χ0v) is 19.8. The number of carbonyl (C=O) groups is 3. The number of Topliss-reactive ketones (excluding diaryl/α,β-unsaturated/α-hetero) is 2.